The van der Waals surface area contributed by atoms with Crippen molar-refractivity contribution in [2.45, 2.75) is 39.5 Å². The number of fused-ring (bicyclic) bond motifs is 1. The largest absolute Gasteiger partial charge is 0.507 e. The molecule has 0 atom stereocenters. The van der Waals surface area contributed by atoms with Crippen LogP contribution >= 0.6 is 0 Å². The first kappa shape index (κ1) is 26.8. The van der Waals surface area contributed by atoms with Crippen molar-refractivity contribution in [1.29, 1.82) is 0 Å². The Kier molecular flexibility index (Phi) is 6.98. The fourth-order valence-corrected chi connectivity index (χ4v) is 3.91. The van der Waals surface area contributed by atoms with Gasteiger partial charge in [-0.25, -0.2) is 10.8 Å². The zero-order valence-electron chi connectivity index (χ0n) is 21.0. The lowest BCUT2D eigenvalue weighted by molar-refractivity contribution is -0.391. The van der Waals surface area contributed by atoms with Gasteiger partial charge in [0, 0.05) is 42.9 Å². The Morgan fingerprint density at radius 3 is 2.29 bits per heavy atom. The second kappa shape index (κ2) is 9.89. The molecule has 38 heavy (non-hydrogen) atoms. The molecular weight excluding hydrogens is 508 g/mol. The number of benzene rings is 1. The minimum Gasteiger partial charge on any atom is -0.421 e. The van der Waals surface area contributed by atoms with Gasteiger partial charge in [0.25, 0.3) is 5.91 Å². The van der Waals surface area contributed by atoms with Crippen LogP contribution in [-0.4, -0.2) is 39.7 Å². The molecule has 1 aromatic carbocycles. The first-order chi connectivity index (χ1) is 17.8. The van der Waals surface area contributed by atoms with Crippen LogP contribution in [0, 0.1) is 13.8 Å². The highest BCUT2D eigenvalue weighted by atomic mass is 19.3. The second-order valence-electron chi connectivity index (χ2n) is 8.77. The molecule has 2 aromatic heterocycles. The van der Waals surface area contributed by atoms with Crippen molar-refractivity contribution in [3.8, 4) is 17.3 Å². The number of nitrogens with one attached hydrogen (secondary N) is 2. The number of alkyl halides is 4. The van der Waals surface area contributed by atoms with Crippen LogP contribution in [0.1, 0.15) is 23.9 Å². The Morgan fingerprint density at radius 1 is 1.03 bits per heavy atom. The molecule has 9 nitrogen and oxygen atoms in total. The Labute approximate surface area is 215 Å². The molecule has 4 N–H and O–H groups in total. The molecule has 3 aromatic rings. The molecule has 1 amide bonds. The van der Waals surface area contributed by atoms with E-state index in [0.717, 1.165) is 34.9 Å². The number of anilines is 1. The maximum atomic E-state index is 13.5. The number of carbonyl (C=O) groups is 1. The van der Waals surface area contributed by atoms with Gasteiger partial charge in [-0.15, -0.1) is 0 Å². The van der Waals surface area contributed by atoms with Gasteiger partial charge in [-0.05, 0) is 62.7 Å². The molecule has 202 valence electrons. The monoisotopic (exact) mass is 534 g/mol. The fourth-order valence-electron chi connectivity index (χ4n) is 3.91. The summed E-state index contributed by atoms with van der Waals surface area (Å²) in [4.78, 5) is 17.3. The highest BCUT2D eigenvalue weighted by Gasteiger charge is 2.65. The van der Waals surface area contributed by atoms with Gasteiger partial charge in [0.15, 0.2) is 11.5 Å². The topological polar surface area (TPSA) is 107 Å². The minimum absolute atomic E-state index is 0.0213. The highest BCUT2D eigenvalue weighted by Crippen LogP contribution is 2.47. The summed E-state index contributed by atoms with van der Waals surface area (Å²) in [6, 6.07) is 10.9. The third-order valence-corrected chi connectivity index (χ3v) is 5.84. The zero-order valence-corrected chi connectivity index (χ0v) is 21.0. The van der Waals surface area contributed by atoms with Crippen LogP contribution in [0.4, 0.5) is 23.2 Å². The minimum atomic E-state index is -4.87. The van der Waals surface area contributed by atoms with Crippen LogP contribution < -0.4 is 25.9 Å². The van der Waals surface area contributed by atoms with Crippen LogP contribution in [0.3, 0.4) is 0 Å². The van der Waals surface area contributed by atoms with Gasteiger partial charge < -0.3 is 24.7 Å². The highest BCUT2D eigenvalue weighted by molar-refractivity contribution is 6.03. The van der Waals surface area contributed by atoms with Crippen LogP contribution in [-0.2, 0) is 11.3 Å². The van der Waals surface area contributed by atoms with Gasteiger partial charge in [0.2, 0.25) is 0 Å². The van der Waals surface area contributed by atoms with E-state index >= 15 is 0 Å². The van der Waals surface area contributed by atoms with Gasteiger partial charge in [-0.3, -0.25) is 9.80 Å². The average molecular weight is 535 g/mol. The maximum absolute atomic E-state index is 13.5. The van der Waals surface area contributed by atoms with E-state index in [0.29, 0.717) is 6.54 Å². The standard InChI is InChI=1S/C25H26F4N6O3/c1-14-5-6-15(2)35(14)21-11-17(9-10-31-21)13-32-22(34(4)30)16(3)23(36)33-18-7-8-19-20(12-18)38-25(28,29)24(26,27)37-19/h5-12,32H,13,30H2,1-4H3,(H,33,36)/b22-16+. The molecule has 0 fully saturated rings. The van der Waals surface area contributed by atoms with Crippen LogP contribution in [0.2, 0.25) is 0 Å². The van der Waals surface area contributed by atoms with Crippen LogP contribution in [0.5, 0.6) is 11.5 Å². The Bertz CT molecular complexity index is 1380. The predicted octanol–water partition coefficient (Wildman–Crippen LogP) is 4.21. The average Bonchev–Trinajstić information content (AvgIpc) is 3.17. The molecule has 3 heterocycles. The van der Waals surface area contributed by atoms with Crippen molar-refractivity contribution in [3.05, 3.63) is 77.0 Å². The number of ether oxygens (including phenoxy) is 2. The quantitative estimate of drug-likeness (QED) is 0.180. The van der Waals surface area contributed by atoms with Crippen molar-refractivity contribution in [1.82, 2.24) is 19.9 Å². The summed E-state index contributed by atoms with van der Waals surface area (Å²) in [5.41, 5.74) is 3.14. The number of nitrogens with two attached hydrogens (primary N) is 1. The molecule has 0 radical (unpaired) electrons. The maximum Gasteiger partial charge on any atom is 0.507 e. The number of hydrogen-bond acceptors (Lipinski definition) is 7. The zero-order chi connectivity index (χ0) is 27.8. The first-order valence-electron chi connectivity index (χ1n) is 11.4. The second-order valence-corrected chi connectivity index (χ2v) is 8.77. The smallest absolute Gasteiger partial charge is 0.421 e. The van der Waals surface area contributed by atoms with E-state index < -0.39 is 29.6 Å². The summed E-state index contributed by atoms with van der Waals surface area (Å²) in [6.07, 6.45) is -8.02. The van der Waals surface area contributed by atoms with Gasteiger partial charge in [-0.1, -0.05) is 0 Å². The molecule has 0 bridgehead atoms. The van der Waals surface area contributed by atoms with E-state index in [-0.39, 0.29) is 17.1 Å². The van der Waals surface area contributed by atoms with Crippen molar-refractivity contribution in [3.63, 3.8) is 0 Å². The third-order valence-electron chi connectivity index (χ3n) is 5.84. The summed E-state index contributed by atoms with van der Waals surface area (Å²) in [7, 11) is 1.54. The van der Waals surface area contributed by atoms with Crippen molar-refractivity contribution in [2.24, 2.45) is 5.84 Å². The number of aryl methyl sites for hydroxylation is 2. The number of halogens is 4. The van der Waals surface area contributed by atoms with E-state index in [9.17, 15) is 22.4 Å². The molecule has 0 unspecified atom stereocenters. The molecule has 0 aliphatic carbocycles. The normalized spacial score (nSPS) is 15.9. The molecule has 0 saturated carbocycles. The molecular formula is C25H26F4N6O3. The molecule has 1 aliphatic heterocycles. The van der Waals surface area contributed by atoms with Crippen LogP contribution in [0.15, 0.2) is 60.1 Å². The summed E-state index contributed by atoms with van der Waals surface area (Å²) < 4.78 is 64.0. The Balaban J connectivity index is 1.50. The number of carbonyl (C=O) groups excluding carboxylic acids is 1. The lowest BCUT2D eigenvalue weighted by Gasteiger charge is -2.31. The summed E-state index contributed by atoms with van der Waals surface area (Å²) in [5, 5.41) is 6.87. The van der Waals surface area contributed by atoms with E-state index in [1.807, 2.05) is 42.7 Å². The number of rotatable bonds is 7. The number of pyridine rings is 1. The lowest BCUT2D eigenvalue weighted by atomic mass is 10.2. The summed E-state index contributed by atoms with van der Waals surface area (Å²) in [5.74, 6) is 5.14. The number of nitrogens with zero attached hydrogens (tertiary/aromatic N) is 3. The van der Waals surface area contributed by atoms with E-state index in [4.69, 9.17) is 5.84 Å². The third kappa shape index (κ3) is 5.23. The Morgan fingerprint density at radius 2 is 1.66 bits per heavy atom. The van der Waals surface area contributed by atoms with E-state index in [1.165, 1.54) is 25.0 Å². The lowest BCUT2D eigenvalue weighted by Crippen LogP contribution is -2.52. The van der Waals surface area contributed by atoms with E-state index in [2.05, 4.69) is 25.1 Å². The van der Waals surface area contributed by atoms with Crippen LogP contribution in [0.25, 0.3) is 5.82 Å². The van der Waals surface area contributed by atoms with Gasteiger partial charge in [0.1, 0.15) is 11.6 Å². The molecule has 13 heteroatoms. The van der Waals surface area contributed by atoms with Crippen molar-refractivity contribution in [2.75, 3.05) is 12.4 Å². The Hall–Kier alpha value is -4.26. The summed E-state index contributed by atoms with van der Waals surface area (Å²) >= 11 is 0. The number of aromatic nitrogens is 2. The molecule has 0 saturated heterocycles. The summed E-state index contributed by atoms with van der Waals surface area (Å²) in [6.45, 7) is 5.78. The van der Waals surface area contributed by atoms with Crippen molar-refractivity contribution >= 4 is 11.6 Å². The number of amides is 1. The number of hydrazine groups is 1. The van der Waals surface area contributed by atoms with Crippen molar-refractivity contribution < 1.29 is 31.8 Å². The first-order valence-corrected chi connectivity index (χ1v) is 11.4. The van der Waals surface area contributed by atoms with Gasteiger partial charge >= 0.3 is 12.2 Å². The van der Waals surface area contributed by atoms with E-state index in [1.54, 1.807) is 6.20 Å². The SMILES string of the molecule is C/C(C(=O)Nc1ccc2c(c1)OC(F)(F)C(F)(F)O2)=C(/NCc1ccnc(-n2c(C)ccc2C)c1)N(C)N. The van der Waals surface area contributed by atoms with Gasteiger partial charge in [-0.2, -0.15) is 17.6 Å². The van der Waals surface area contributed by atoms with Gasteiger partial charge in [0.05, 0.1) is 5.57 Å². The molecule has 4 rings (SSSR count). The molecule has 1 aliphatic rings. The number of hydrogen-bond donors (Lipinski definition) is 3. The predicted molar refractivity (Wildman–Crippen MR) is 131 cm³/mol. The fraction of sp³-hybridized carbons (Fsp3) is 0.280. The molecule has 0 spiro atoms.